The van der Waals surface area contributed by atoms with Crippen LogP contribution < -0.4 is 4.90 Å². The second-order valence-electron chi connectivity index (χ2n) is 5.84. The fourth-order valence-corrected chi connectivity index (χ4v) is 2.93. The highest BCUT2D eigenvalue weighted by molar-refractivity contribution is 6.00. The lowest BCUT2D eigenvalue weighted by atomic mass is 10.0. The molecule has 1 atom stereocenters. The molecule has 0 aliphatic carbocycles. The molecular formula is C18H25NO2. The van der Waals surface area contributed by atoms with Gasteiger partial charge in [-0.2, -0.15) is 0 Å². The van der Waals surface area contributed by atoms with Crippen molar-refractivity contribution in [3.63, 3.8) is 0 Å². The molecule has 21 heavy (non-hydrogen) atoms. The van der Waals surface area contributed by atoms with E-state index in [1.54, 1.807) is 4.90 Å². The summed E-state index contributed by atoms with van der Waals surface area (Å²) in [5.74, 6) is 0.0550. The van der Waals surface area contributed by atoms with Crippen LogP contribution in [0.5, 0.6) is 0 Å². The van der Waals surface area contributed by atoms with Crippen LogP contribution in [0.1, 0.15) is 57.4 Å². The number of hydrogen-bond acceptors (Lipinski definition) is 2. The summed E-state index contributed by atoms with van der Waals surface area (Å²) in [4.78, 5) is 24.5. The Kier molecular flexibility index (Phi) is 5.97. The van der Waals surface area contributed by atoms with E-state index in [4.69, 9.17) is 0 Å². The quantitative estimate of drug-likeness (QED) is 0.537. The zero-order valence-electron chi connectivity index (χ0n) is 12.9. The number of anilines is 1. The second-order valence-corrected chi connectivity index (χ2v) is 5.84. The predicted molar refractivity (Wildman–Crippen MR) is 85.5 cm³/mol. The molecule has 0 bridgehead atoms. The average molecular weight is 287 g/mol. The van der Waals surface area contributed by atoms with Gasteiger partial charge < -0.3 is 9.69 Å². The molecule has 1 amide bonds. The highest BCUT2D eigenvalue weighted by atomic mass is 16.2. The summed E-state index contributed by atoms with van der Waals surface area (Å²) in [6.07, 6.45) is 9.51. The molecule has 1 fully saturated rings. The zero-order chi connectivity index (χ0) is 15.1. The Labute approximate surface area is 127 Å². The number of amides is 1. The SMILES string of the molecule is CCCCCCCc1ccc(N2C(=O)CC[C@@H]2C=O)cc1. The maximum Gasteiger partial charge on any atom is 0.227 e. The summed E-state index contributed by atoms with van der Waals surface area (Å²) in [5.41, 5.74) is 2.16. The van der Waals surface area contributed by atoms with E-state index in [1.165, 1.54) is 37.7 Å². The zero-order valence-corrected chi connectivity index (χ0v) is 12.9. The van der Waals surface area contributed by atoms with Crippen molar-refractivity contribution < 1.29 is 9.59 Å². The lowest BCUT2D eigenvalue weighted by molar-refractivity contribution is -0.118. The van der Waals surface area contributed by atoms with Gasteiger partial charge in [0.1, 0.15) is 6.29 Å². The Morgan fingerprint density at radius 3 is 2.52 bits per heavy atom. The molecule has 3 heteroatoms. The van der Waals surface area contributed by atoms with Crippen molar-refractivity contribution in [2.24, 2.45) is 0 Å². The summed E-state index contributed by atoms with van der Waals surface area (Å²) in [7, 11) is 0. The van der Waals surface area contributed by atoms with Gasteiger partial charge in [-0.05, 0) is 37.0 Å². The molecule has 2 rings (SSSR count). The number of nitrogens with zero attached hydrogens (tertiary/aromatic N) is 1. The first-order valence-electron chi connectivity index (χ1n) is 8.12. The molecule has 0 radical (unpaired) electrons. The Morgan fingerprint density at radius 1 is 1.14 bits per heavy atom. The van der Waals surface area contributed by atoms with Crippen LogP contribution in [0.4, 0.5) is 5.69 Å². The third-order valence-electron chi connectivity index (χ3n) is 4.19. The van der Waals surface area contributed by atoms with E-state index < -0.39 is 0 Å². The van der Waals surface area contributed by atoms with E-state index in [0.29, 0.717) is 12.8 Å². The Bertz CT molecular complexity index is 467. The summed E-state index contributed by atoms with van der Waals surface area (Å²) < 4.78 is 0. The van der Waals surface area contributed by atoms with Crippen LogP contribution in [0.15, 0.2) is 24.3 Å². The second kappa shape index (κ2) is 7.96. The lowest BCUT2D eigenvalue weighted by Crippen LogP contribution is -2.33. The molecule has 1 aromatic carbocycles. The monoisotopic (exact) mass is 287 g/mol. The van der Waals surface area contributed by atoms with E-state index in [1.807, 2.05) is 12.1 Å². The van der Waals surface area contributed by atoms with Crippen molar-refractivity contribution in [1.82, 2.24) is 0 Å². The van der Waals surface area contributed by atoms with Crippen LogP contribution in [0.2, 0.25) is 0 Å². The fourth-order valence-electron chi connectivity index (χ4n) is 2.93. The molecule has 1 saturated heterocycles. The fraction of sp³-hybridized carbons (Fsp3) is 0.556. The van der Waals surface area contributed by atoms with E-state index in [0.717, 1.165) is 18.4 Å². The molecule has 1 aliphatic heterocycles. The van der Waals surface area contributed by atoms with Gasteiger partial charge in [-0.25, -0.2) is 0 Å². The molecule has 1 aromatic rings. The van der Waals surface area contributed by atoms with Crippen LogP contribution in [-0.4, -0.2) is 18.2 Å². The molecule has 114 valence electrons. The van der Waals surface area contributed by atoms with Crippen molar-refractivity contribution >= 4 is 17.9 Å². The molecule has 0 aromatic heterocycles. The average Bonchev–Trinajstić information content (AvgIpc) is 2.89. The maximum absolute atomic E-state index is 11.9. The van der Waals surface area contributed by atoms with E-state index in [9.17, 15) is 9.59 Å². The molecular weight excluding hydrogens is 262 g/mol. The number of rotatable bonds is 8. The minimum atomic E-state index is -0.280. The van der Waals surface area contributed by atoms with Crippen LogP contribution in [-0.2, 0) is 16.0 Å². The molecule has 0 saturated carbocycles. The third-order valence-corrected chi connectivity index (χ3v) is 4.19. The van der Waals surface area contributed by atoms with Gasteiger partial charge in [0.25, 0.3) is 0 Å². The molecule has 1 aliphatic rings. The van der Waals surface area contributed by atoms with Gasteiger partial charge in [-0.3, -0.25) is 4.79 Å². The molecule has 0 N–H and O–H groups in total. The summed E-state index contributed by atoms with van der Waals surface area (Å²) >= 11 is 0. The predicted octanol–water partition coefficient (Wildman–Crippen LogP) is 3.89. The van der Waals surface area contributed by atoms with Gasteiger partial charge in [0.2, 0.25) is 5.91 Å². The van der Waals surface area contributed by atoms with Crippen molar-refractivity contribution in [1.29, 1.82) is 0 Å². The normalized spacial score (nSPS) is 18.2. The van der Waals surface area contributed by atoms with Crippen molar-refractivity contribution in [3.8, 4) is 0 Å². The number of aryl methyl sites for hydroxylation is 1. The van der Waals surface area contributed by atoms with Gasteiger partial charge in [-0.1, -0.05) is 44.7 Å². The first-order chi connectivity index (χ1) is 10.3. The van der Waals surface area contributed by atoms with Gasteiger partial charge in [0.15, 0.2) is 0 Å². The molecule has 0 unspecified atom stereocenters. The lowest BCUT2D eigenvalue weighted by Gasteiger charge is -2.20. The maximum atomic E-state index is 11.9. The minimum absolute atomic E-state index is 0.0550. The number of benzene rings is 1. The van der Waals surface area contributed by atoms with Crippen molar-refractivity contribution in [3.05, 3.63) is 29.8 Å². The molecule has 0 spiro atoms. The van der Waals surface area contributed by atoms with E-state index in [-0.39, 0.29) is 11.9 Å². The van der Waals surface area contributed by atoms with Gasteiger partial charge >= 0.3 is 0 Å². The summed E-state index contributed by atoms with van der Waals surface area (Å²) in [5, 5.41) is 0. The highest BCUT2D eigenvalue weighted by Gasteiger charge is 2.31. The van der Waals surface area contributed by atoms with Gasteiger partial charge in [0, 0.05) is 12.1 Å². The number of hydrogen-bond donors (Lipinski definition) is 0. The highest BCUT2D eigenvalue weighted by Crippen LogP contribution is 2.26. The Hall–Kier alpha value is -1.64. The topological polar surface area (TPSA) is 37.4 Å². The van der Waals surface area contributed by atoms with Crippen LogP contribution >= 0.6 is 0 Å². The molecule has 3 nitrogen and oxygen atoms in total. The van der Waals surface area contributed by atoms with Crippen LogP contribution in [0.3, 0.4) is 0 Å². The van der Waals surface area contributed by atoms with Crippen LogP contribution in [0.25, 0.3) is 0 Å². The number of carbonyl (C=O) groups excluding carboxylic acids is 2. The van der Waals surface area contributed by atoms with Gasteiger partial charge in [0.05, 0.1) is 6.04 Å². The van der Waals surface area contributed by atoms with Crippen LogP contribution in [0, 0.1) is 0 Å². The van der Waals surface area contributed by atoms with Crippen molar-refractivity contribution in [2.45, 2.75) is 64.3 Å². The first kappa shape index (κ1) is 15.7. The van der Waals surface area contributed by atoms with E-state index >= 15 is 0 Å². The minimum Gasteiger partial charge on any atom is -0.302 e. The van der Waals surface area contributed by atoms with E-state index in [2.05, 4.69) is 19.1 Å². The Balaban J connectivity index is 1.89. The third kappa shape index (κ3) is 4.16. The summed E-state index contributed by atoms with van der Waals surface area (Å²) in [6.45, 7) is 2.23. The van der Waals surface area contributed by atoms with Gasteiger partial charge in [-0.15, -0.1) is 0 Å². The first-order valence-corrected chi connectivity index (χ1v) is 8.12. The largest absolute Gasteiger partial charge is 0.302 e. The summed E-state index contributed by atoms with van der Waals surface area (Å²) in [6, 6.07) is 7.84. The number of unbranched alkanes of at least 4 members (excludes halogenated alkanes) is 4. The number of aldehydes is 1. The molecule has 1 heterocycles. The Morgan fingerprint density at radius 2 is 1.86 bits per heavy atom. The number of carbonyl (C=O) groups is 2. The standard InChI is InChI=1S/C18H25NO2/c1-2-3-4-5-6-7-15-8-10-16(11-9-15)19-17(14-20)12-13-18(19)21/h8-11,14,17H,2-7,12-13H2,1H3/t17-/m1/s1. The smallest absolute Gasteiger partial charge is 0.227 e. The van der Waals surface area contributed by atoms with Crippen molar-refractivity contribution in [2.75, 3.05) is 4.90 Å².